The quantitative estimate of drug-likeness (QED) is 0.672. The highest BCUT2D eigenvalue weighted by Gasteiger charge is 2.49. The molecule has 22 heavy (non-hydrogen) atoms. The van der Waals surface area contributed by atoms with Gasteiger partial charge in [0.1, 0.15) is 17.9 Å². The highest BCUT2D eigenvalue weighted by molar-refractivity contribution is 6.07. The molecule has 5 nitrogen and oxygen atoms in total. The topological polar surface area (TPSA) is 58.6 Å². The molecule has 0 spiro atoms. The number of ether oxygens (including phenoxy) is 1. The second kappa shape index (κ2) is 5.83. The third kappa shape index (κ3) is 2.84. The highest BCUT2D eigenvalue weighted by atomic mass is 16.5. The maximum Gasteiger partial charge on any atom is 0.325 e. The fourth-order valence-corrected chi connectivity index (χ4v) is 2.42. The molecular weight excluding hydrogens is 280 g/mol. The Hall–Kier alpha value is -2.30. The molecule has 1 heterocycles. The number of rotatable bonds is 5. The SMILES string of the molecule is C=C(C)COc1ccc(C2(C)NC(=O)N(C(C)C)C2=O)cc1. The molecule has 1 aliphatic heterocycles. The molecule has 0 aromatic heterocycles. The Kier molecular flexibility index (Phi) is 4.26. The lowest BCUT2D eigenvalue weighted by atomic mass is 9.92. The number of carbonyl (C=O) groups is 2. The van der Waals surface area contributed by atoms with Crippen LogP contribution in [0, 0.1) is 0 Å². The molecule has 5 heteroatoms. The third-order valence-corrected chi connectivity index (χ3v) is 3.66. The van der Waals surface area contributed by atoms with Crippen LogP contribution < -0.4 is 10.1 Å². The average Bonchev–Trinajstić information content (AvgIpc) is 2.68. The smallest absolute Gasteiger partial charge is 0.325 e. The summed E-state index contributed by atoms with van der Waals surface area (Å²) in [7, 11) is 0. The lowest BCUT2D eigenvalue weighted by Crippen LogP contribution is -2.42. The molecule has 1 fully saturated rings. The molecule has 1 atom stereocenters. The maximum absolute atomic E-state index is 12.6. The van der Waals surface area contributed by atoms with Gasteiger partial charge in [0.25, 0.3) is 5.91 Å². The van der Waals surface area contributed by atoms with Crippen molar-refractivity contribution >= 4 is 11.9 Å². The minimum atomic E-state index is -1.03. The average molecular weight is 302 g/mol. The lowest BCUT2D eigenvalue weighted by Gasteiger charge is -2.23. The zero-order valence-corrected chi connectivity index (χ0v) is 13.5. The third-order valence-electron chi connectivity index (χ3n) is 3.66. The van der Waals surface area contributed by atoms with E-state index in [0.717, 1.165) is 11.1 Å². The Morgan fingerprint density at radius 2 is 1.91 bits per heavy atom. The van der Waals surface area contributed by atoms with Gasteiger partial charge in [0.15, 0.2) is 0 Å². The summed E-state index contributed by atoms with van der Waals surface area (Å²) < 4.78 is 5.54. The number of benzene rings is 1. The maximum atomic E-state index is 12.6. The van der Waals surface area contributed by atoms with Gasteiger partial charge in [-0.15, -0.1) is 0 Å². The van der Waals surface area contributed by atoms with Gasteiger partial charge in [0.05, 0.1) is 0 Å². The molecule has 1 aliphatic rings. The van der Waals surface area contributed by atoms with E-state index in [1.807, 2.05) is 20.8 Å². The largest absolute Gasteiger partial charge is 0.489 e. The van der Waals surface area contributed by atoms with Crippen LogP contribution in [0.15, 0.2) is 36.4 Å². The van der Waals surface area contributed by atoms with Crippen LogP contribution in [0.4, 0.5) is 4.79 Å². The summed E-state index contributed by atoms with van der Waals surface area (Å²) in [6.07, 6.45) is 0. The number of imide groups is 1. The molecule has 2 rings (SSSR count). The van der Waals surface area contributed by atoms with Crippen LogP contribution in [0.25, 0.3) is 0 Å². The van der Waals surface area contributed by atoms with Gasteiger partial charge in [-0.05, 0) is 51.0 Å². The van der Waals surface area contributed by atoms with Crippen LogP contribution in [0.1, 0.15) is 33.3 Å². The summed E-state index contributed by atoms with van der Waals surface area (Å²) >= 11 is 0. The number of nitrogens with zero attached hydrogens (tertiary/aromatic N) is 1. The minimum absolute atomic E-state index is 0.174. The Labute approximate surface area is 130 Å². The number of amides is 3. The number of hydrogen-bond donors (Lipinski definition) is 1. The van der Waals surface area contributed by atoms with Crippen LogP contribution in [0.5, 0.6) is 5.75 Å². The van der Waals surface area contributed by atoms with Crippen molar-refractivity contribution in [2.45, 2.75) is 39.3 Å². The van der Waals surface area contributed by atoms with Crippen LogP contribution in [0.2, 0.25) is 0 Å². The van der Waals surface area contributed by atoms with Gasteiger partial charge < -0.3 is 10.1 Å². The van der Waals surface area contributed by atoms with Crippen molar-refractivity contribution in [2.24, 2.45) is 0 Å². The van der Waals surface area contributed by atoms with Crippen molar-refractivity contribution in [3.05, 3.63) is 42.0 Å². The van der Waals surface area contributed by atoms with Crippen molar-refractivity contribution in [3.63, 3.8) is 0 Å². The van der Waals surface area contributed by atoms with E-state index >= 15 is 0 Å². The first-order chi connectivity index (χ1) is 10.3. The molecule has 0 aliphatic carbocycles. The highest BCUT2D eigenvalue weighted by Crippen LogP contribution is 2.31. The van der Waals surface area contributed by atoms with Crippen molar-refractivity contribution in [2.75, 3.05) is 6.61 Å². The normalized spacial score (nSPS) is 21.2. The number of hydrogen-bond acceptors (Lipinski definition) is 3. The lowest BCUT2D eigenvalue weighted by molar-refractivity contribution is -0.132. The summed E-state index contributed by atoms with van der Waals surface area (Å²) in [6, 6.07) is 6.66. The number of urea groups is 1. The van der Waals surface area contributed by atoms with Gasteiger partial charge in [-0.2, -0.15) is 0 Å². The Bertz CT molecular complexity index is 607. The first kappa shape index (κ1) is 16.1. The first-order valence-corrected chi connectivity index (χ1v) is 7.29. The van der Waals surface area contributed by atoms with E-state index in [0.29, 0.717) is 12.4 Å². The number of nitrogens with one attached hydrogen (secondary N) is 1. The van der Waals surface area contributed by atoms with Gasteiger partial charge in [0, 0.05) is 6.04 Å². The van der Waals surface area contributed by atoms with Crippen LogP contribution in [0.3, 0.4) is 0 Å². The van der Waals surface area contributed by atoms with Gasteiger partial charge in [0.2, 0.25) is 0 Å². The van der Waals surface area contributed by atoms with Crippen LogP contribution >= 0.6 is 0 Å². The molecule has 3 amide bonds. The predicted octanol–water partition coefficient (Wildman–Crippen LogP) is 2.82. The Morgan fingerprint density at radius 3 is 2.36 bits per heavy atom. The van der Waals surface area contributed by atoms with Crippen LogP contribution in [-0.2, 0) is 10.3 Å². The van der Waals surface area contributed by atoms with E-state index in [1.54, 1.807) is 31.2 Å². The van der Waals surface area contributed by atoms with E-state index in [1.165, 1.54) is 4.90 Å². The molecule has 1 aromatic carbocycles. The van der Waals surface area contributed by atoms with E-state index in [4.69, 9.17) is 4.74 Å². The summed E-state index contributed by atoms with van der Waals surface area (Å²) in [5.41, 5.74) is 0.632. The van der Waals surface area contributed by atoms with E-state index in [2.05, 4.69) is 11.9 Å². The molecule has 0 radical (unpaired) electrons. The number of carbonyl (C=O) groups excluding carboxylic acids is 2. The second-order valence-corrected chi connectivity index (χ2v) is 6.09. The minimum Gasteiger partial charge on any atom is -0.489 e. The molecule has 1 saturated heterocycles. The second-order valence-electron chi connectivity index (χ2n) is 6.09. The van der Waals surface area contributed by atoms with Gasteiger partial charge in [-0.25, -0.2) is 4.79 Å². The van der Waals surface area contributed by atoms with E-state index in [9.17, 15) is 9.59 Å². The molecular formula is C17H22N2O3. The summed E-state index contributed by atoms with van der Waals surface area (Å²) in [6.45, 7) is 11.5. The Morgan fingerprint density at radius 1 is 1.32 bits per heavy atom. The van der Waals surface area contributed by atoms with Crippen molar-refractivity contribution < 1.29 is 14.3 Å². The van der Waals surface area contributed by atoms with Crippen molar-refractivity contribution in [1.82, 2.24) is 10.2 Å². The fourth-order valence-electron chi connectivity index (χ4n) is 2.42. The monoisotopic (exact) mass is 302 g/mol. The van der Waals surface area contributed by atoms with Gasteiger partial charge in [-0.1, -0.05) is 18.7 Å². The first-order valence-electron chi connectivity index (χ1n) is 7.29. The summed E-state index contributed by atoms with van der Waals surface area (Å²) in [5.74, 6) is 0.468. The molecule has 1 N–H and O–H groups in total. The van der Waals surface area contributed by atoms with Crippen molar-refractivity contribution in [1.29, 1.82) is 0 Å². The van der Waals surface area contributed by atoms with E-state index < -0.39 is 5.54 Å². The summed E-state index contributed by atoms with van der Waals surface area (Å²) in [5, 5.41) is 2.78. The fraction of sp³-hybridized carbons (Fsp3) is 0.412. The Balaban J connectivity index is 2.22. The molecule has 0 bridgehead atoms. The molecule has 1 unspecified atom stereocenters. The predicted molar refractivity (Wildman–Crippen MR) is 84.6 cm³/mol. The van der Waals surface area contributed by atoms with Gasteiger partial charge in [-0.3, -0.25) is 9.69 Å². The van der Waals surface area contributed by atoms with Crippen LogP contribution in [-0.4, -0.2) is 29.5 Å². The molecule has 118 valence electrons. The molecule has 1 aromatic rings. The van der Waals surface area contributed by atoms with Crippen molar-refractivity contribution in [3.8, 4) is 5.75 Å². The summed E-state index contributed by atoms with van der Waals surface area (Å²) in [4.78, 5) is 25.9. The molecule has 0 saturated carbocycles. The van der Waals surface area contributed by atoms with E-state index in [-0.39, 0.29) is 18.0 Å². The standard InChI is InChI=1S/C17H22N2O3/c1-11(2)10-22-14-8-6-13(7-9-14)17(5)15(20)19(12(3)4)16(21)18-17/h6-9,12H,1,10H2,2-5H3,(H,18,21). The zero-order valence-electron chi connectivity index (χ0n) is 13.5. The van der Waals surface area contributed by atoms with Gasteiger partial charge >= 0.3 is 6.03 Å². The zero-order chi connectivity index (χ0) is 16.5.